The Labute approximate surface area is 218 Å². The molecule has 0 radical (unpaired) electrons. The molecule has 1 aromatic carbocycles. The Bertz CT molecular complexity index is 1140. The van der Waals surface area contributed by atoms with Crippen LogP contribution in [0, 0.1) is 29.6 Å². The summed E-state index contributed by atoms with van der Waals surface area (Å²) in [5, 5.41) is 20.2. The zero-order valence-electron chi connectivity index (χ0n) is 22.5. The lowest BCUT2D eigenvalue weighted by molar-refractivity contribution is -0.146. The molecule has 0 spiro atoms. The number of carbonyl (C=O) groups is 4. The number of amides is 1. The SMILES string of the molecule is Cc1cc(OC(=O)C(CC(=O)O)NC(=O)CC(=O)O)cc2c1C1(C)CCC3C(C)(C)CCC[C@]3(C)[C@H]1C2. The molecule has 3 aliphatic carbocycles. The van der Waals surface area contributed by atoms with E-state index in [9.17, 15) is 24.3 Å². The molecule has 5 atom stereocenters. The van der Waals surface area contributed by atoms with Gasteiger partial charge in [0.1, 0.15) is 18.2 Å². The van der Waals surface area contributed by atoms with Crippen molar-refractivity contribution in [2.45, 2.75) is 97.4 Å². The quantitative estimate of drug-likeness (QED) is 0.280. The van der Waals surface area contributed by atoms with Crippen molar-refractivity contribution in [3.63, 3.8) is 0 Å². The van der Waals surface area contributed by atoms with E-state index in [1.54, 1.807) is 0 Å². The summed E-state index contributed by atoms with van der Waals surface area (Å²) in [5.41, 5.74) is 4.17. The molecule has 0 aliphatic heterocycles. The van der Waals surface area contributed by atoms with Crippen LogP contribution in [0.15, 0.2) is 12.1 Å². The van der Waals surface area contributed by atoms with E-state index in [-0.39, 0.29) is 10.8 Å². The summed E-state index contributed by atoms with van der Waals surface area (Å²) < 4.78 is 5.58. The number of nitrogens with one attached hydrogen (secondary N) is 1. The predicted molar refractivity (Wildman–Crippen MR) is 136 cm³/mol. The van der Waals surface area contributed by atoms with Crippen LogP contribution in [0.3, 0.4) is 0 Å². The first-order valence-electron chi connectivity index (χ1n) is 13.3. The van der Waals surface area contributed by atoms with E-state index >= 15 is 0 Å². The maximum atomic E-state index is 12.9. The highest BCUT2D eigenvalue weighted by Crippen LogP contribution is 2.67. The van der Waals surface area contributed by atoms with Gasteiger partial charge in [-0.1, -0.05) is 34.1 Å². The number of benzene rings is 1. The van der Waals surface area contributed by atoms with Gasteiger partial charge >= 0.3 is 17.9 Å². The number of carbonyl (C=O) groups excluding carboxylic acids is 2. The van der Waals surface area contributed by atoms with Crippen molar-refractivity contribution in [1.82, 2.24) is 5.32 Å². The second-order valence-electron chi connectivity index (χ2n) is 12.6. The third-order valence-electron chi connectivity index (χ3n) is 9.71. The summed E-state index contributed by atoms with van der Waals surface area (Å²) in [4.78, 5) is 46.8. The van der Waals surface area contributed by atoms with Crippen LogP contribution in [-0.4, -0.2) is 40.1 Å². The summed E-state index contributed by atoms with van der Waals surface area (Å²) in [6.45, 7) is 11.8. The fourth-order valence-corrected chi connectivity index (χ4v) is 8.43. The van der Waals surface area contributed by atoms with Gasteiger partial charge in [-0.3, -0.25) is 14.4 Å². The monoisotopic (exact) mass is 513 g/mol. The second kappa shape index (κ2) is 9.44. The number of aryl methyl sites for hydroxylation is 1. The van der Waals surface area contributed by atoms with Gasteiger partial charge in [0.05, 0.1) is 6.42 Å². The number of hydrogen-bond donors (Lipinski definition) is 3. The predicted octanol–water partition coefficient (Wildman–Crippen LogP) is 4.39. The fourth-order valence-electron chi connectivity index (χ4n) is 8.43. The van der Waals surface area contributed by atoms with E-state index in [0.717, 1.165) is 18.4 Å². The average molecular weight is 514 g/mol. The number of carboxylic acid groups (broad SMARTS) is 2. The molecular formula is C29H39NO7. The minimum Gasteiger partial charge on any atom is -0.481 e. The first-order valence-corrected chi connectivity index (χ1v) is 13.3. The van der Waals surface area contributed by atoms with E-state index in [1.165, 1.54) is 36.8 Å². The molecule has 3 aliphatic rings. The van der Waals surface area contributed by atoms with Crippen molar-refractivity contribution in [2.24, 2.45) is 22.7 Å². The van der Waals surface area contributed by atoms with E-state index in [1.807, 2.05) is 19.1 Å². The Hall–Kier alpha value is -2.90. The van der Waals surface area contributed by atoms with Gasteiger partial charge in [-0.05, 0) is 95.9 Å². The van der Waals surface area contributed by atoms with Crippen LogP contribution in [0.25, 0.3) is 0 Å². The van der Waals surface area contributed by atoms with Gasteiger partial charge in [-0.2, -0.15) is 0 Å². The summed E-state index contributed by atoms with van der Waals surface area (Å²) in [6, 6.07) is 2.23. The largest absolute Gasteiger partial charge is 0.481 e. The number of esters is 1. The van der Waals surface area contributed by atoms with Crippen molar-refractivity contribution >= 4 is 23.8 Å². The smallest absolute Gasteiger partial charge is 0.334 e. The molecule has 202 valence electrons. The number of carboxylic acids is 2. The molecule has 1 aromatic rings. The molecule has 0 aromatic heterocycles. The number of aliphatic carboxylic acids is 2. The molecule has 8 nitrogen and oxygen atoms in total. The molecule has 2 fully saturated rings. The first-order chi connectivity index (χ1) is 17.2. The zero-order chi connectivity index (χ0) is 27.3. The molecule has 3 N–H and O–H groups in total. The average Bonchev–Trinajstić information content (AvgIpc) is 3.05. The Kier molecular flexibility index (Phi) is 6.93. The second-order valence-corrected chi connectivity index (χ2v) is 12.6. The lowest BCUT2D eigenvalue weighted by Gasteiger charge is -2.61. The van der Waals surface area contributed by atoms with E-state index < -0.39 is 42.7 Å². The van der Waals surface area contributed by atoms with Crippen molar-refractivity contribution in [3.05, 3.63) is 28.8 Å². The minimum atomic E-state index is -1.48. The third-order valence-corrected chi connectivity index (χ3v) is 9.71. The topological polar surface area (TPSA) is 130 Å². The molecule has 37 heavy (non-hydrogen) atoms. The Morgan fingerprint density at radius 1 is 1.03 bits per heavy atom. The van der Waals surface area contributed by atoms with Crippen molar-refractivity contribution in [2.75, 3.05) is 0 Å². The Balaban J connectivity index is 1.59. The molecule has 0 bridgehead atoms. The molecular weight excluding hydrogens is 474 g/mol. The third kappa shape index (κ3) is 4.87. The van der Waals surface area contributed by atoms with Crippen LogP contribution in [-0.2, 0) is 31.0 Å². The summed E-state index contributed by atoms with van der Waals surface area (Å²) >= 11 is 0. The molecule has 1 amide bonds. The number of rotatable bonds is 7. The Morgan fingerprint density at radius 3 is 2.38 bits per heavy atom. The number of hydrogen-bond acceptors (Lipinski definition) is 5. The number of fused-ring (bicyclic) bond motifs is 5. The van der Waals surface area contributed by atoms with E-state index in [2.05, 4.69) is 33.0 Å². The molecule has 3 unspecified atom stereocenters. The van der Waals surface area contributed by atoms with E-state index in [4.69, 9.17) is 9.84 Å². The zero-order valence-corrected chi connectivity index (χ0v) is 22.5. The Morgan fingerprint density at radius 2 is 1.73 bits per heavy atom. The van der Waals surface area contributed by atoms with Gasteiger partial charge < -0.3 is 20.3 Å². The molecule has 8 heteroatoms. The van der Waals surface area contributed by atoms with Gasteiger partial charge in [-0.15, -0.1) is 0 Å². The van der Waals surface area contributed by atoms with Crippen LogP contribution in [0.1, 0.15) is 89.3 Å². The lowest BCUT2D eigenvalue weighted by atomic mass is 9.43. The van der Waals surface area contributed by atoms with Gasteiger partial charge in [0, 0.05) is 0 Å². The van der Waals surface area contributed by atoms with Crippen molar-refractivity contribution in [3.8, 4) is 5.75 Å². The van der Waals surface area contributed by atoms with Crippen LogP contribution < -0.4 is 10.1 Å². The normalized spacial score (nSPS) is 30.3. The number of ether oxygens (including phenoxy) is 1. The van der Waals surface area contributed by atoms with Crippen LogP contribution in [0.2, 0.25) is 0 Å². The summed E-state index contributed by atoms with van der Waals surface area (Å²) in [7, 11) is 0. The molecule has 2 saturated carbocycles. The molecule has 0 saturated heterocycles. The van der Waals surface area contributed by atoms with Gasteiger partial charge in [0.15, 0.2) is 0 Å². The van der Waals surface area contributed by atoms with Gasteiger partial charge in [0.2, 0.25) is 5.91 Å². The van der Waals surface area contributed by atoms with Gasteiger partial charge in [0.25, 0.3) is 0 Å². The molecule has 4 rings (SSSR count). The standard InChI is InChI=1S/C29H39NO7/c1-16-11-18(37-26(36)19(14-23(32)33)30-22(31)15-24(34)35)12-17-13-21-28(4)9-6-8-27(2,3)20(28)7-10-29(21,5)25(16)17/h11-12,19-21H,6-10,13-15H2,1-5H3,(H,30,31)(H,32,33)(H,34,35)/t19?,20?,21-,28+,29?/m1/s1. The maximum Gasteiger partial charge on any atom is 0.334 e. The van der Waals surface area contributed by atoms with Crippen LogP contribution in [0.4, 0.5) is 0 Å². The van der Waals surface area contributed by atoms with Crippen molar-refractivity contribution < 1.29 is 34.1 Å². The highest BCUT2D eigenvalue weighted by atomic mass is 16.5. The highest BCUT2D eigenvalue weighted by molar-refractivity contribution is 5.96. The summed E-state index contributed by atoms with van der Waals surface area (Å²) in [6.07, 6.45) is 5.41. The lowest BCUT2D eigenvalue weighted by Crippen LogP contribution is -2.55. The molecule has 0 heterocycles. The fraction of sp³-hybridized carbons (Fsp3) is 0.655. The van der Waals surface area contributed by atoms with Crippen molar-refractivity contribution in [1.29, 1.82) is 0 Å². The van der Waals surface area contributed by atoms with Crippen LogP contribution >= 0.6 is 0 Å². The maximum absolute atomic E-state index is 12.9. The summed E-state index contributed by atoms with van der Waals surface area (Å²) in [5.74, 6) is -3.08. The highest BCUT2D eigenvalue weighted by Gasteiger charge is 2.61. The van der Waals surface area contributed by atoms with E-state index in [0.29, 0.717) is 23.0 Å². The first kappa shape index (κ1) is 27.1. The van der Waals surface area contributed by atoms with Crippen LogP contribution in [0.5, 0.6) is 5.75 Å². The minimum absolute atomic E-state index is 0.0529. The van der Waals surface area contributed by atoms with Gasteiger partial charge in [-0.25, -0.2) is 4.79 Å².